The molecule has 24 heavy (non-hydrogen) atoms. The minimum Gasteiger partial charge on any atom is -0.494 e. The lowest BCUT2D eigenvalue weighted by atomic mass is 10.1. The van der Waals surface area contributed by atoms with E-state index in [2.05, 4.69) is 13.8 Å². The first kappa shape index (κ1) is 17.5. The molecule has 0 aromatic heterocycles. The van der Waals surface area contributed by atoms with Crippen molar-refractivity contribution in [2.45, 2.75) is 20.3 Å². The van der Waals surface area contributed by atoms with Gasteiger partial charge in [0.25, 0.3) is 5.69 Å². The Balaban J connectivity index is 1.93. The number of benzene rings is 2. The van der Waals surface area contributed by atoms with Gasteiger partial charge in [-0.25, -0.2) is 4.79 Å². The summed E-state index contributed by atoms with van der Waals surface area (Å²) < 4.78 is 10.8. The Morgan fingerprint density at radius 1 is 1.04 bits per heavy atom. The summed E-state index contributed by atoms with van der Waals surface area (Å²) in [7, 11) is 0. The normalized spacial score (nSPS) is 10.5. The quantitative estimate of drug-likeness (QED) is 0.328. The smallest absolute Gasteiger partial charge is 0.343 e. The minimum absolute atomic E-state index is 0.0577. The van der Waals surface area contributed by atoms with Gasteiger partial charge >= 0.3 is 5.97 Å². The molecule has 0 aliphatic carbocycles. The molecule has 6 nitrogen and oxygen atoms in total. The number of non-ortho nitro benzene ring substituents is 1. The number of carbonyl (C=O) groups is 1. The first-order valence-electron chi connectivity index (χ1n) is 7.65. The number of nitro benzene ring substituents is 1. The predicted octanol–water partition coefficient (Wildman–Crippen LogP) is 4.24. The van der Waals surface area contributed by atoms with Crippen LogP contribution in [0.15, 0.2) is 48.5 Å². The third-order valence-electron chi connectivity index (χ3n) is 3.31. The van der Waals surface area contributed by atoms with E-state index in [9.17, 15) is 14.9 Å². The van der Waals surface area contributed by atoms with Gasteiger partial charge < -0.3 is 9.47 Å². The predicted molar refractivity (Wildman–Crippen MR) is 89.4 cm³/mol. The number of hydrogen-bond acceptors (Lipinski definition) is 5. The highest BCUT2D eigenvalue weighted by Gasteiger charge is 2.10. The van der Waals surface area contributed by atoms with Crippen LogP contribution in [0, 0.1) is 16.0 Å². The van der Waals surface area contributed by atoms with Crippen LogP contribution >= 0.6 is 0 Å². The molecule has 0 atom stereocenters. The molecule has 0 aliphatic heterocycles. The lowest BCUT2D eigenvalue weighted by Crippen LogP contribution is -2.08. The first-order valence-corrected chi connectivity index (χ1v) is 7.65. The lowest BCUT2D eigenvalue weighted by Gasteiger charge is -2.09. The van der Waals surface area contributed by atoms with E-state index < -0.39 is 10.9 Å². The molecule has 0 N–H and O–H groups in total. The molecule has 0 radical (unpaired) electrons. The lowest BCUT2D eigenvalue weighted by molar-refractivity contribution is -0.384. The molecular formula is C18H19NO5. The van der Waals surface area contributed by atoms with E-state index in [1.165, 1.54) is 24.3 Å². The van der Waals surface area contributed by atoms with E-state index in [1.807, 2.05) is 0 Å². The molecule has 0 saturated heterocycles. The van der Waals surface area contributed by atoms with Crippen LogP contribution in [0.3, 0.4) is 0 Å². The van der Waals surface area contributed by atoms with Gasteiger partial charge in [0.05, 0.1) is 17.1 Å². The summed E-state index contributed by atoms with van der Waals surface area (Å²) in [6, 6.07) is 12.0. The Kier molecular flexibility index (Phi) is 5.89. The average molecular weight is 329 g/mol. The Hall–Kier alpha value is -2.89. The number of nitrogens with zero attached hydrogens (tertiary/aromatic N) is 1. The van der Waals surface area contributed by atoms with Gasteiger partial charge in [-0.1, -0.05) is 13.8 Å². The molecule has 126 valence electrons. The molecule has 0 fully saturated rings. The van der Waals surface area contributed by atoms with Gasteiger partial charge in [-0.3, -0.25) is 10.1 Å². The molecule has 0 amide bonds. The Bertz CT molecular complexity index is 692. The van der Waals surface area contributed by atoms with Gasteiger partial charge in [0.15, 0.2) is 0 Å². The number of esters is 1. The van der Waals surface area contributed by atoms with Crippen LogP contribution in [-0.2, 0) is 0 Å². The third-order valence-corrected chi connectivity index (χ3v) is 3.31. The Morgan fingerprint density at radius 3 is 2.17 bits per heavy atom. The summed E-state index contributed by atoms with van der Waals surface area (Å²) in [5, 5.41) is 10.6. The van der Waals surface area contributed by atoms with E-state index in [0.717, 1.165) is 6.42 Å². The van der Waals surface area contributed by atoms with Gasteiger partial charge in [-0.2, -0.15) is 0 Å². The molecule has 0 spiro atoms. The average Bonchev–Trinajstić information content (AvgIpc) is 2.55. The molecular weight excluding hydrogens is 310 g/mol. The van der Waals surface area contributed by atoms with Gasteiger partial charge in [0, 0.05) is 12.1 Å². The molecule has 2 aromatic carbocycles. The maximum absolute atomic E-state index is 12.1. The molecule has 2 rings (SSSR count). The van der Waals surface area contributed by atoms with Crippen molar-refractivity contribution in [3.8, 4) is 11.5 Å². The zero-order chi connectivity index (χ0) is 17.5. The summed E-state index contributed by atoms with van der Waals surface area (Å²) in [4.78, 5) is 22.1. The van der Waals surface area contributed by atoms with Crippen molar-refractivity contribution in [1.82, 2.24) is 0 Å². The second-order valence-electron chi connectivity index (χ2n) is 5.70. The van der Waals surface area contributed by atoms with Crippen molar-refractivity contribution < 1.29 is 19.2 Å². The van der Waals surface area contributed by atoms with Crippen molar-refractivity contribution in [1.29, 1.82) is 0 Å². The fourth-order valence-corrected chi connectivity index (χ4v) is 1.90. The molecule has 0 unspecified atom stereocenters. The largest absolute Gasteiger partial charge is 0.494 e. The van der Waals surface area contributed by atoms with Crippen LogP contribution in [0.4, 0.5) is 5.69 Å². The van der Waals surface area contributed by atoms with Crippen LogP contribution in [0.2, 0.25) is 0 Å². The topological polar surface area (TPSA) is 78.7 Å². The second kappa shape index (κ2) is 8.10. The number of ether oxygens (including phenoxy) is 2. The fraction of sp³-hybridized carbons (Fsp3) is 0.278. The Morgan fingerprint density at radius 2 is 1.62 bits per heavy atom. The number of carbonyl (C=O) groups excluding carboxylic acids is 1. The third kappa shape index (κ3) is 5.08. The summed E-state index contributed by atoms with van der Waals surface area (Å²) in [6.07, 6.45) is 0.962. The van der Waals surface area contributed by atoms with Crippen molar-refractivity contribution in [2.75, 3.05) is 6.61 Å². The number of nitro groups is 1. The molecule has 0 aliphatic rings. The van der Waals surface area contributed by atoms with Crippen molar-refractivity contribution in [3.05, 3.63) is 64.2 Å². The second-order valence-corrected chi connectivity index (χ2v) is 5.70. The van der Waals surface area contributed by atoms with Crippen LogP contribution in [0.5, 0.6) is 11.5 Å². The van der Waals surface area contributed by atoms with Crippen molar-refractivity contribution in [2.24, 2.45) is 5.92 Å². The Labute approximate surface area is 140 Å². The van der Waals surface area contributed by atoms with Gasteiger partial charge in [-0.15, -0.1) is 0 Å². The SMILES string of the molecule is CC(C)CCOc1ccc(C(=O)Oc2ccc([N+](=O)[O-])cc2)cc1. The molecule has 0 heterocycles. The monoisotopic (exact) mass is 329 g/mol. The van der Waals surface area contributed by atoms with Crippen LogP contribution in [0.25, 0.3) is 0 Å². The van der Waals surface area contributed by atoms with Gasteiger partial charge in [-0.05, 0) is 48.7 Å². The highest BCUT2D eigenvalue weighted by atomic mass is 16.6. The highest BCUT2D eigenvalue weighted by Crippen LogP contribution is 2.19. The zero-order valence-electron chi connectivity index (χ0n) is 13.6. The van der Waals surface area contributed by atoms with Gasteiger partial charge in [0.2, 0.25) is 0 Å². The van der Waals surface area contributed by atoms with Crippen molar-refractivity contribution in [3.63, 3.8) is 0 Å². The maximum Gasteiger partial charge on any atom is 0.343 e. The summed E-state index contributed by atoms with van der Waals surface area (Å²) in [5.74, 6) is 0.990. The molecule has 2 aromatic rings. The number of hydrogen-bond donors (Lipinski definition) is 0. The molecule has 0 saturated carbocycles. The van der Waals surface area contributed by atoms with E-state index >= 15 is 0 Å². The zero-order valence-corrected chi connectivity index (χ0v) is 13.6. The maximum atomic E-state index is 12.1. The van der Waals surface area contributed by atoms with Crippen LogP contribution < -0.4 is 9.47 Å². The van der Waals surface area contributed by atoms with Crippen molar-refractivity contribution >= 4 is 11.7 Å². The van der Waals surface area contributed by atoms with E-state index in [1.54, 1.807) is 24.3 Å². The fourth-order valence-electron chi connectivity index (χ4n) is 1.90. The standard InChI is InChI=1S/C18H19NO5/c1-13(2)11-12-23-16-7-3-14(4-8-16)18(20)24-17-9-5-15(6-10-17)19(21)22/h3-10,13H,11-12H2,1-2H3. The van der Waals surface area contributed by atoms with Gasteiger partial charge in [0.1, 0.15) is 11.5 Å². The number of rotatable bonds is 7. The van der Waals surface area contributed by atoms with E-state index in [4.69, 9.17) is 9.47 Å². The minimum atomic E-state index is -0.530. The highest BCUT2D eigenvalue weighted by molar-refractivity contribution is 5.91. The first-order chi connectivity index (χ1) is 11.5. The molecule has 0 bridgehead atoms. The van der Waals surface area contributed by atoms with Crippen LogP contribution in [0.1, 0.15) is 30.6 Å². The summed E-state index contributed by atoms with van der Waals surface area (Å²) in [5.41, 5.74) is 0.322. The molecule has 6 heteroatoms. The van der Waals surface area contributed by atoms with E-state index in [-0.39, 0.29) is 11.4 Å². The van der Waals surface area contributed by atoms with E-state index in [0.29, 0.717) is 23.8 Å². The van der Waals surface area contributed by atoms with Crippen LogP contribution in [-0.4, -0.2) is 17.5 Å². The summed E-state index contributed by atoms with van der Waals surface area (Å²) in [6.45, 7) is 4.88. The summed E-state index contributed by atoms with van der Waals surface area (Å²) >= 11 is 0.